The fraction of sp³-hybridized carbons (Fsp3) is 0.263. The highest BCUT2D eigenvalue weighted by Crippen LogP contribution is 2.28. The van der Waals surface area contributed by atoms with Crippen LogP contribution >= 0.6 is 12.4 Å². The third-order valence-corrected chi connectivity index (χ3v) is 4.10. The van der Waals surface area contributed by atoms with Gasteiger partial charge in [-0.25, -0.2) is 9.78 Å². The molecule has 2 heterocycles. The minimum atomic E-state index is -0.890. The molecule has 3 rings (SSSR count). The predicted molar refractivity (Wildman–Crippen MR) is 98.2 cm³/mol. The number of halogens is 1. The molecule has 0 aliphatic carbocycles. The molecule has 0 unspecified atom stereocenters. The number of aromatic carboxylic acids is 1. The summed E-state index contributed by atoms with van der Waals surface area (Å²) in [5, 5.41) is 9.21. The smallest absolute Gasteiger partial charge is 0.335 e. The van der Waals surface area contributed by atoms with Crippen molar-refractivity contribution in [2.75, 3.05) is 0 Å². The summed E-state index contributed by atoms with van der Waals surface area (Å²) in [5.41, 5.74) is 5.18. The van der Waals surface area contributed by atoms with Crippen molar-refractivity contribution in [2.45, 2.75) is 33.1 Å². The zero-order chi connectivity index (χ0) is 16.4. The van der Waals surface area contributed by atoms with Crippen LogP contribution in [0, 0.1) is 6.92 Å². The van der Waals surface area contributed by atoms with Gasteiger partial charge in [-0.3, -0.25) is 4.40 Å². The standard InChI is InChI=1S/C19H20N2O2.ClH/c1-3-4-7-16-18(21-11-6-5-8-17(21)20-16)14-9-10-15(19(22)23)13(2)12-14;/h5-6,8-12H,3-4,7H2,1-2H3,(H,22,23);1H. The molecule has 2 aromatic heterocycles. The van der Waals surface area contributed by atoms with E-state index in [0.29, 0.717) is 5.56 Å². The van der Waals surface area contributed by atoms with Crippen LogP contribution in [0.3, 0.4) is 0 Å². The van der Waals surface area contributed by atoms with Gasteiger partial charge in [-0.1, -0.05) is 25.5 Å². The molecule has 0 aliphatic rings. The summed E-state index contributed by atoms with van der Waals surface area (Å²) >= 11 is 0. The first-order chi connectivity index (χ1) is 11.1. The number of carboxylic acids is 1. The van der Waals surface area contributed by atoms with Crippen molar-refractivity contribution >= 4 is 24.0 Å². The second kappa shape index (κ2) is 7.49. The van der Waals surface area contributed by atoms with Gasteiger partial charge >= 0.3 is 5.97 Å². The van der Waals surface area contributed by atoms with Crippen LogP contribution in [-0.4, -0.2) is 20.5 Å². The quantitative estimate of drug-likeness (QED) is 0.725. The molecule has 126 valence electrons. The number of fused-ring (bicyclic) bond motifs is 1. The zero-order valence-corrected chi connectivity index (χ0v) is 14.6. The van der Waals surface area contributed by atoms with E-state index in [1.165, 1.54) is 0 Å². The fourth-order valence-corrected chi connectivity index (χ4v) is 2.92. The molecule has 0 saturated carbocycles. The highest BCUT2D eigenvalue weighted by molar-refractivity contribution is 5.90. The summed E-state index contributed by atoms with van der Waals surface area (Å²) in [7, 11) is 0. The molecule has 0 bridgehead atoms. The molecule has 1 N–H and O–H groups in total. The summed E-state index contributed by atoms with van der Waals surface area (Å²) in [6, 6.07) is 11.5. The van der Waals surface area contributed by atoms with E-state index < -0.39 is 5.97 Å². The summed E-state index contributed by atoms with van der Waals surface area (Å²) in [6.07, 6.45) is 5.13. The van der Waals surface area contributed by atoms with Gasteiger partial charge < -0.3 is 5.11 Å². The SMILES string of the molecule is CCCCc1nc2ccccn2c1-c1ccc(C(=O)O)c(C)c1.Cl. The van der Waals surface area contributed by atoms with E-state index in [0.717, 1.165) is 47.4 Å². The molecule has 0 saturated heterocycles. The van der Waals surface area contributed by atoms with Gasteiger partial charge in [0.05, 0.1) is 17.0 Å². The third kappa shape index (κ3) is 3.29. The van der Waals surface area contributed by atoms with Crippen molar-refractivity contribution in [1.29, 1.82) is 0 Å². The van der Waals surface area contributed by atoms with E-state index in [9.17, 15) is 9.90 Å². The van der Waals surface area contributed by atoms with Gasteiger partial charge in [0.15, 0.2) is 0 Å². The third-order valence-electron chi connectivity index (χ3n) is 4.10. The van der Waals surface area contributed by atoms with Crippen molar-refractivity contribution in [3.63, 3.8) is 0 Å². The number of aryl methyl sites for hydroxylation is 2. The van der Waals surface area contributed by atoms with Gasteiger partial charge in [-0.05, 0) is 49.6 Å². The molecule has 5 heteroatoms. The van der Waals surface area contributed by atoms with Crippen LogP contribution in [-0.2, 0) is 6.42 Å². The van der Waals surface area contributed by atoms with Crippen molar-refractivity contribution in [2.24, 2.45) is 0 Å². The van der Waals surface area contributed by atoms with Gasteiger partial charge in [-0.2, -0.15) is 0 Å². The molecule has 1 aromatic carbocycles. The lowest BCUT2D eigenvalue weighted by Crippen LogP contribution is -2.00. The Balaban J connectivity index is 0.00000208. The fourth-order valence-electron chi connectivity index (χ4n) is 2.92. The largest absolute Gasteiger partial charge is 0.478 e. The van der Waals surface area contributed by atoms with Gasteiger partial charge in [0.25, 0.3) is 0 Å². The predicted octanol–water partition coefficient (Wildman–Crippen LogP) is 4.77. The molecule has 0 spiro atoms. The van der Waals surface area contributed by atoms with Crippen LogP contribution in [0.25, 0.3) is 16.9 Å². The number of rotatable bonds is 5. The molecule has 0 aliphatic heterocycles. The number of hydrogen-bond acceptors (Lipinski definition) is 2. The number of nitrogens with zero attached hydrogens (tertiary/aromatic N) is 2. The molecule has 4 nitrogen and oxygen atoms in total. The molecule has 0 amide bonds. The average Bonchev–Trinajstić information content (AvgIpc) is 2.90. The van der Waals surface area contributed by atoms with Crippen LogP contribution in [0.15, 0.2) is 42.6 Å². The minimum absolute atomic E-state index is 0. The van der Waals surface area contributed by atoms with Crippen LogP contribution in [0.4, 0.5) is 0 Å². The van der Waals surface area contributed by atoms with Crippen LogP contribution in [0.5, 0.6) is 0 Å². The lowest BCUT2D eigenvalue weighted by atomic mass is 10.0. The number of unbranched alkanes of at least 4 members (excludes halogenated alkanes) is 1. The van der Waals surface area contributed by atoms with E-state index in [2.05, 4.69) is 11.3 Å². The second-order valence-corrected chi connectivity index (χ2v) is 5.77. The van der Waals surface area contributed by atoms with E-state index in [1.54, 1.807) is 6.07 Å². The normalized spacial score (nSPS) is 10.6. The van der Waals surface area contributed by atoms with Crippen molar-refractivity contribution < 1.29 is 9.90 Å². The maximum atomic E-state index is 11.2. The number of benzene rings is 1. The molecular weight excluding hydrogens is 324 g/mol. The van der Waals surface area contributed by atoms with E-state index >= 15 is 0 Å². The van der Waals surface area contributed by atoms with Gasteiger partial charge in [0, 0.05) is 11.8 Å². The topological polar surface area (TPSA) is 54.6 Å². The van der Waals surface area contributed by atoms with Gasteiger partial charge in [0.1, 0.15) is 5.65 Å². The van der Waals surface area contributed by atoms with Gasteiger partial charge in [0.2, 0.25) is 0 Å². The summed E-state index contributed by atoms with van der Waals surface area (Å²) < 4.78 is 2.08. The summed E-state index contributed by atoms with van der Waals surface area (Å²) in [6.45, 7) is 4.00. The monoisotopic (exact) mass is 344 g/mol. The van der Waals surface area contributed by atoms with Crippen LogP contribution < -0.4 is 0 Å². The number of hydrogen-bond donors (Lipinski definition) is 1. The maximum Gasteiger partial charge on any atom is 0.335 e. The lowest BCUT2D eigenvalue weighted by molar-refractivity contribution is 0.0696. The lowest BCUT2D eigenvalue weighted by Gasteiger charge is -2.08. The van der Waals surface area contributed by atoms with Crippen molar-refractivity contribution in [3.05, 3.63) is 59.4 Å². The molecule has 3 aromatic rings. The molecule has 24 heavy (non-hydrogen) atoms. The van der Waals surface area contributed by atoms with Crippen molar-refractivity contribution in [3.8, 4) is 11.3 Å². The Morgan fingerprint density at radius 2 is 2.04 bits per heavy atom. The van der Waals surface area contributed by atoms with Gasteiger partial charge in [-0.15, -0.1) is 12.4 Å². The molecule has 0 atom stereocenters. The van der Waals surface area contributed by atoms with E-state index in [1.807, 2.05) is 43.5 Å². The Morgan fingerprint density at radius 3 is 2.71 bits per heavy atom. The van der Waals surface area contributed by atoms with E-state index in [4.69, 9.17) is 4.98 Å². The number of imidazole rings is 1. The first-order valence-corrected chi connectivity index (χ1v) is 7.92. The van der Waals surface area contributed by atoms with E-state index in [-0.39, 0.29) is 12.4 Å². The Hall–Kier alpha value is -2.33. The minimum Gasteiger partial charge on any atom is -0.478 e. The number of carboxylic acid groups (broad SMARTS) is 1. The average molecular weight is 345 g/mol. The maximum absolute atomic E-state index is 11.2. The number of carbonyl (C=O) groups is 1. The number of pyridine rings is 1. The second-order valence-electron chi connectivity index (χ2n) is 5.77. The summed E-state index contributed by atoms with van der Waals surface area (Å²) in [5.74, 6) is -0.890. The Kier molecular flexibility index (Phi) is 5.62. The molecule has 0 radical (unpaired) electrons. The highest BCUT2D eigenvalue weighted by atomic mass is 35.5. The van der Waals surface area contributed by atoms with Crippen LogP contribution in [0.2, 0.25) is 0 Å². The first kappa shape index (κ1) is 18.0. The Labute approximate surface area is 147 Å². The Morgan fingerprint density at radius 1 is 1.25 bits per heavy atom. The molecular formula is C19H21ClN2O2. The Bertz CT molecular complexity index is 871. The van der Waals surface area contributed by atoms with Crippen LogP contribution in [0.1, 0.15) is 41.4 Å². The summed E-state index contributed by atoms with van der Waals surface area (Å²) in [4.78, 5) is 16.0. The first-order valence-electron chi connectivity index (χ1n) is 7.92. The zero-order valence-electron chi connectivity index (χ0n) is 13.8. The highest BCUT2D eigenvalue weighted by Gasteiger charge is 2.15. The number of aromatic nitrogens is 2. The molecule has 0 fully saturated rings. The van der Waals surface area contributed by atoms with Crippen molar-refractivity contribution in [1.82, 2.24) is 9.38 Å².